The minimum atomic E-state index is 0.632. The lowest BCUT2D eigenvalue weighted by molar-refractivity contribution is 0.464. The van der Waals surface area contributed by atoms with Crippen LogP contribution in [0.1, 0.15) is 12.5 Å². The second-order valence-corrected chi connectivity index (χ2v) is 4.83. The molecule has 1 heterocycles. The molecule has 0 aliphatic carbocycles. The van der Waals surface area contributed by atoms with Gasteiger partial charge in [-0.15, -0.1) is 0 Å². The van der Waals surface area contributed by atoms with E-state index in [0.717, 1.165) is 24.4 Å². The summed E-state index contributed by atoms with van der Waals surface area (Å²) in [5.74, 6) is 1.43. The van der Waals surface area contributed by atoms with E-state index in [1.807, 2.05) is 54.6 Å². The summed E-state index contributed by atoms with van der Waals surface area (Å²) < 4.78 is 5.87. The minimum absolute atomic E-state index is 0.632. The molecular formula is C18H18N2O. The first-order chi connectivity index (χ1) is 10.4. The maximum Gasteiger partial charge on any atom is 0.220 e. The number of nitrogens with one attached hydrogen (secondary N) is 1. The second-order valence-electron chi connectivity index (χ2n) is 4.83. The normalized spacial score (nSPS) is 10.7. The highest BCUT2D eigenvalue weighted by Gasteiger charge is 2.07. The molecule has 3 aromatic rings. The molecule has 1 aromatic heterocycles. The Morgan fingerprint density at radius 3 is 2.57 bits per heavy atom. The zero-order chi connectivity index (χ0) is 14.5. The molecule has 0 radical (unpaired) electrons. The standard InChI is InChI=1S/C18H18N2O/c1-2-19-13-14-12-18(21-15-8-4-3-5-9-15)20-17-11-7-6-10-16(14)17/h3-12,19H,2,13H2,1H3. The molecule has 106 valence electrons. The van der Waals surface area contributed by atoms with E-state index in [-0.39, 0.29) is 0 Å². The molecule has 0 spiro atoms. The van der Waals surface area contributed by atoms with E-state index in [4.69, 9.17) is 4.74 Å². The first-order valence-electron chi connectivity index (χ1n) is 7.19. The van der Waals surface area contributed by atoms with Crippen LogP contribution in [-0.4, -0.2) is 11.5 Å². The third-order valence-electron chi connectivity index (χ3n) is 3.31. The van der Waals surface area contributed by atoms with E-state index in [1.54, 1.807) is 0 Å². The first kappa shape index (κ1) is 13.6. The minimum Gasteiger partial charge on any atom is -0.439 e. The summed E-state index contributed by atoms with van der Waals surface area (Å²) in [6.07, 6.45) is 0. The predicted octanol–water partition coefficient (Wildman–Crippen LogP) is 4.14. The van der Waals surface area contributed by atoms with Crippen LogP contribution in [0.5, 0.6) is 11.6 Å². The number of para-hydroxylation sites is 2. The predicted molar refractivity (Wildman–Crippen MR) is 85.6 cm³/mol. The molecule has 1 N–H and O–H groups in total. The lowest BCUT2D eigenvalue weighted by atomic mass is 10.1. The van der Waals surface area contributed by atoms with Gasteiger partial charge < -0.3 is 10.1 Å². The number of fused-ring (bicyclic) bond motifs is 1. The fraction of sp³-hybridized carbons (Fsp3) is 0.167. The Morgan fingerprint density at radius 2 is 1.76 bits per heavy atom. The molecule has 0 unspecified atom stereocenters. The van der Waals surface area contributed by atoms with E-state index < -0.39 is 0 Å². The number of ether oxygens (including phenoxy) is 1. The van der Waals surface area contributed by atoms with Crippen molar-refractivity contribution in [1.29, 1.82) is 0 Å². The van der Waals surface area contributed by atoms with Crippen LogP contribution in [0.25, 0.3) is 10.9 Å². The number of aromatic nitrogens is 1. The Balaban J connectivity index is 1.99. The molecule has 0 aliphatic rings. The maximum absolute atomic E-state index is 5.87. The summed E-state index contributed by atoms with van der Waals surface area (Å²) in [7, 11) is 0. The quantitative estimate of drug-likeness (QED) is 0.761. The number of hydrogen-bond acceptors (Lipinski definition) is 3. The molecule has 3 heteroatoms. The topological polar surface area (TPSA) is 34.1 Å². The average Bonchev–Trinajstić information content (AvgIpc) is 2.53. The zero-order valence-corrected chi connectivity index (χ0v) is 12.0. The van der Waals surface area contributed by atoms with Crippen LogP contribution in [0.15, 0.2) is 60.7 Å². The van der Waals surface area contributed by atoms with Gasteiger partial charge in [0.25, 0.3) is 0 Å². The molecule has 0 fully saturated rings. The summed E-state index contributed by atoms with van der Waals surface area (Å²) >= 11 is 0. The molecule has 0 atom stereocenters. The summed E-state index contributed by atoms with van der Waals surface area (Å²) in [5, 5.41) is 4.53. The summed E-state index contributed by atoms with van der Waals surface area (Å²) in [5.41, 5.74) is 2.16. The van der Waals surface area contributed by atoms with Crippen LogP contribution in [0.4, 0.5) is 0 Å². The van der Waals surface area contributed by atoms with Gasteiger partial charge in [-0.1, -0.05) is 43.3 Å². The summed E-state index contributed by atoms with van der Waals surface area (Å²) in [4.78, 5) is 4.59. The number of hydrogen-bond donors (Lipinski definition) is 1. The number of rotatable bonds is 5. The first-order valence-corrected chi connectivity index (χ1v) is 7.19. The van der Waals surface area contributed by atoms with Crippen LogP contribution < -0.4 is 10.1 Å². The second kappa shape index (κ2) is 6.37. The van der Waals surface area contributed by atoms with Gasteiger partial charge in [-0.25, -0.2) is 4.98 Å². The number of pyridine rings is 1. The van der Waals surface area contributed by atoms with Gasteiger partial charge >= 0.3 is 0 Å². The Labute approximate surface area is 124 Å². The average molecular weight is 278 g/mol. The molecule has 21 heavy (non-hydrogen) atoms. The third-order valence-corrected chi connectivity index (χ3v) is 3.31. The summed E-state index contributed by atoms with van der Waals surface area (Å²) in [6.45, 7) is 3.85. The van der Waals surface area contributed by atoms with Crippen molar-refractivity contribution in [2.45, 2.75) is 13.5 Å². The third kappa shape index (κ3) is 3.20. The lowest BCUT2D eigenvalue weighted by Crippen LogP contribution is -2.12. The monoisotopic (exact) mass is 278 g/mol. The van der Waals surface area contributed by atoms with Crippen molar-refractivity contribution in [3.63, 3.8) is 0 Å². The molecular weight excluding hydrogens is 260 g/mol. The van der Waals surface area contributed by atoms with Gasteiger partial charge in [0, 0.05) is 18.0 Å². The number of nitrogens with zero attached hydrogens (tertiary/aromatic N) is 1. The molecule has 0 amide bonds. The van der Waals surface area contributed by atoms with Gasteiger partial charge in [0.2, 0.25) is 5.88 Å². The van der Waals surface area contributed by atoms with Crippen LogP contribution >= 0.6 is 0 Å². The highest BCUT2D eigenvalue weighted by Crippen LogP contribution is 2.25. The lowest BCUT2D eigenvalue weighted by Gasteiger charge is -2.10. The Morgan fingerprint density at radius 1 is 1.00 bits per heavy atom. The molecule has 0 saturated carbocycles. The van der Waals surface area contributed by atoms with Crippen molar-refractivity contribution in [3.05, 3.63) is 66.2 Å². The van der Waals surface area contributed by atoms with E-state index >= 15 is 0 Å². The Kier molecular flexibility index (Phi) is 4.12. The largest absolute Gasteiger partial charge is 0.439 e. The highest BCUT2D eigenvalue weighted by molar-refractivity contribution is 5.82. The molecule has 0 saturated heterocycles. The SMILES string of the molecule is CCNCc1cc(Oc2ccccc2)nc2ccccc12. The fourth-order valence-electron chi connectivity index (χ4n) is 2.29. The van der Waals surface area contributed by atoms with Crippen molar-refractivity contribution in [1.82, 2.24) is 10.3 Å². The van der Waals surface area contributed by atoms with Gasteiger partial charge in [-0.2, -0.15) is 0 Å². The van der Waals surface area contributed by atoms with E-state index in [9.17, 15) is 0 Å². The van der Waals surface area contributed by atoms with Crippen molar-refractivity contribution in [3.8, 4) is 11.6 Å². The Bertz CT molecular complexity index is 726. The van der Waals surface area contributed by atoms with Crippen LogP contribution in [0, 0.1) is 0 Å². The summed E-state index contributed by atoms with van der Waals surface area (Å²) in [6, 6.07) is 19.9. The van der Waals surface area contributed by atoms with Crippen molar-refractivity contribution in [2.75, 3.05) is 6.54 Å². The Hall–Kier alpha value is -2.39. The molecule has 3 rings (SSSR count). The van der Waals surface area contributed by atoms with Gasteiger partial charge in [0.05, 0.1) is 5.52 Å². The smallest absolute Gasteiger partial charge is 0.220 e. The van der Waals surface area contributed by atoms with E-state index in [2.05, 4.69) is 23.3 Å². The van der Waals surface area contributed by atoms with Crippen LogP contribution in [0.3, 0.4) is 0 Å². The van der Waals surface area contributed by atoms with E-state index in [0.29, 0.717) is 5.88 Å². The van der Waals surface area contributed by atoms with Crippen molar-refractivity contribution < 1.29 is 4.74 Å². The van der Waals surface area contributed by atoms with Crippen LogP contribution in [0.2, 0.25) is 0 Å². The van der Waals surface area contributed by atoms with Gasteiger partial charge in [0.1, 0.15) is 5.75 Å². The maximum atomic E-state index is 5.87. The molecule has 0 aliphatic heterocycles. The van der Waals surface area contributed by atoms with Gasteiger partial charge in [-0.05, 0) is 30.3 Å². The van der Waals surface area contributed by atoms with Gasteiger partial charge in [-0.3, -0.25) is 0 Å². The zero-order valence-electron chi connectivity index (χ0n) is 12.0. The fourth-order valence-corrected chi connectivity index (χ4v) is 2.29. The van der Waals surface area contributed by atoms with Crippen molar-refractivity contribution >= 4 is 10.9 Å². The molecule has 2 aromatic carbocycles. The van der Waals surface area contributed by atoms with E-state index in [1.165, 1.54) is 10.9 Å². The molecule has 3 nitrogen and oxygen atoms in total. The number of benzene rings is 2. The van der Waals surface area contributed by atoms with Crippen LogP contribution in [-0.2, 0) is 6.54 Å². The van der Waals surface area contributed by atoms with Gasteiger partial charge in [0.15, 0.2) is 0 Å². The molecule has 0 bridgehead atoms. The highest BCUT2D eigenvalue weighted by atomic mass is 16.5. The van der Waals surface area contributed by atoms with Crippen molar-refractivity contribution in [2.24, 2.45) is 0 Å².